The zero-order chi connectivity index (χ0) is 21.5. The topological polar surface area (TPSA) is 117 Å². The molecule has 0 saturated heterocycles. The van der Waals surface area contributed by atoms with E-state index in [1.165, 1.54) is 16.4 Å². The Bertz CT molecular complexity index is 1050. The average Bonchev–Trinajstić information content (AvgIpc) is 3.11. The van der Waals surface area contributed by atoms with E-state index in [9.17, 15) is 4.79 Å². The van der Waals surface area contributed by atoms with Crippen molar-refractivity contribution in [2.45, 2.75) is 5.16 Å². The minimum Gasteiger partial charge on any atom is -0.493 e. The molecule has 0 aliphatic heterocycles. The van der Waals surface area contributed by atoms with Gasteiger partial charge in [0.05, 0.1) is 26.2 Å². The van der Waals surface area contributed by atoms with Gasteiger partial charge in [-0.25, -0.2) is 10.1 Å². The maximum atomic E-state index is 12.3. The fourth-order valence-electron chi connectivity index (χ4n) is 2.40. The monoisotopic (exact) mass is 490 g/mol. The van der Waals surface area contributed by atoms with Gasteiger partial charge in [-0.2, -0.15) is 5.10 Å². The van der Waals surface area contributed by atoms with E-state index in [2.05, 4.69) is 36.7 Å². The van der Waals surface area contributed by atoms with Gasteiger partial charge in [0.2, 0.25) is 5.16 Å². The maximum absolute atomic E-state index is 12.3. The smallest absolute Gasteiger partial charge is 0.264 e. The molecule has 1 aromatic heterocycles. The number of halogens is 1. The van der Waals surface area contributed by atoms with Gasteiger partial charge in [0.15, 0.2) is 17.3 Å². The summed E-state index contributed by atoms with van der Waals surface area (Å²) in [4.78, 5) is 12.3. The predicted molar refractivity (Wildman–Crippen MR) is 120 cm³/mol. The van der Waals surface area contributed by atoms with E-state index in [0.29, 0.717) is 22.2 Å². The number of thioether (sulfide) groups is 1. The highest BCUT2D eigenvalue weighted by Gasteiger charge is 2.13. The first-order valence-corrected chi connectivity index (χ1v) is 10.4. The second-order valence-corrected chi connectivity index (χ2v) is 7.74. The molecule has 0 unspecified atom stereocenters. The molecule has 3 aromatic rings. The van der Waals surface area contributed by atoms with E-state index >= 15 is 0 Å². The zero-order valence-corrected chi connectivity index (χ0v) is 18.6. The number of anilines is 1. The molecule has 0 saturated carbocycles. The summed E-state index contributed by atoms with van der Waals surface area (Å²) in [6.45, 7) is 0. The van der Waals surface area contributed by atoms with Gasteiger partial charge in [-0.3, -0.25) is 4.79 Å². The standard InChI is InChI=1S/C19H19BrN6O3S/c1-28-16-8-3-12(9-17(16)29-2)10-22-23-18-24-25-19(26(18)21)30-11-15(27)13-4-6-14(20)7-5-13/h3-10H,11,21H2,1-2H3,(H,23,24)/b22-10+. The van der Waals surface area contributed by atoms with Gasteiger partial charge in [-0.05, 0) is 35.9 Å². The molecule has 0 aliphatic carbocycles. The number of nitrogen functional groups attached to an aromatic ring is 1. The SMILES string of the molecule is COc1ccc(/C=N/Nc2nnc(SCC(=O)c3ccc(Br)cc3)n2N)cc1OC. The van der Waals surface area contributed by atoms with E-state index < -0.39 is 0 Å². The predicted octanol–water partition coefficient (Wildman–Crippen LogP) is 3.19. The second kappa shape index (κ2) is 10.1. The molecule has 156 valence electrons. The number of hydrazone groups is 1. The minimum absolute atomic E-state index is 0.0310. The van der Waals surface area contributed by atoms with Crippen molar-refractivity contribution in [2.75, 3.05) is 31.2 Å². The maximum Gasteiger partial charge on any atom is 0.264 e. The number of hydrogen-bond donors (Lipinski definition) is 2. The van der Waals surface area contributed by atoms with Crippen molar-refractivity contribution in [1.82, 2.24) is 14.9 Å². The van der Waals surface area contributed by atoms with Crippen LogP contribution in [0.4, 0.5) is 5.95 Å². The summed E-state index contributed by atoms with van der Waals surface area (Å²) < 4.78 is 12.6. The van der Waals surface area contributed by atoms with E-state index in [1.54, 1.807) is 44.7 Å². The molecular formula is C19H19BrN6O3S. The van der Waals surface area contributed by atoms with Crippen LogP contribution in [0.1, 0.15) is 15.9 Å². The lowest BCUT2D eigenvalue weighted by atomic mass is 10.2. The Hall–Kier alpha value is -3.05. The normalized spacial score (nSPS) is 10.9. The number of nitrogens with zero attached hydrogens (tertiary/aromatic N) is 4. The third-order valence-corrected chi connectivity index (χ3v) is 5.42. The zero-order valence-electron chi connectivity index (χ0n) is 16.2. The number of carbonyl (C=O) groups is 1. The van der Waals surface area contributed by atoms with Gasteiger partial charge in [-0.15, -0.1) is 10.2 Å². The van der Waals surface area contributed by atoms with Crippen molar-refractivity contribution >= 4 is 45.6 Å². The molecule has 0 amide bonds. The van der Waals surface area contributed by atoms with Crippen LogP contribution in [0.2, 0.25) is 0 Å². The summed E-state index contributed by atoms with van der Waals surface area (Å²) in [5.41, 5.74) is 4.14. The van der Waals surface area contributed by atoms with Crippen LogP contribution in [-0.2, 0) is 0 Å². The van der Waals surface area contributed by atoms with Crippen molar-refractivity contribution in [1.29, 1.82) is 0 Å². The summed E-state index contributed by atoms with van der Waals surface area (Å²) in [7, 11) is 3.14. The number of methoxy groups -OCH3 is 2. The summed E-state index contributed by atoms with van der Waals surface area (Å²) >= 11 is 4.54. The molecule has 1 heterocycles. The molecule has 0 bridgehead atoms. The number of nitrogens with two attached hydrogens (primary N) is 1. The van der Waals surface area contributed by atoms with E-state index in [1.807, 2.05) is 18.2 Å². The Kier molecular flexibility index (Phi) is 7.31. The van der Waals surface area contributed by atoms with Crippen LogP contribution in [-0.4, -0.2) is 46.8 Å². The molecule has 3 N–H and O–H groups in total. The number of rotatable bonds is 9. The number of hydrogen-bond acceptors (Lipinski definition) is 9. The largest absolute Gasteiger partial charge is 0.493 e. The van der Waals surface area contributed by atoms with E-state index in [4.69, 9.17) is 15.3 Å². The van der Waals surface area contributed by atoms with E-state index in [0.717, 1.165) is 10.0 Å². The number of Topliss-reactive ketones (excluding diaryl/α,β-unsaturated/α-hetero) is 1. The molecule has 3 rings (SSSR count). The van der Waals surface area contributed by atoms with Crippen LogP contribution in [0.15, 0.2) is 57.2 Å². The minimum atomic E-state index is -0.0310. The van der Waals surface area contributed by atoms with Crippen molar-refractivity contribution in [2.24, 2.45) is 5.10 Å². The van der Waals surface area contributed by atoms with Crippen LogP contribution in [0.25, 0.3) is 0 Å². The first-order valence-electron chi connectivity index (χ1n) is 8.65. The molecule has 2 aromatic carbocycles. The Balaban J connectivity index is 1.59. The highest BCUT2D eigenvalue weighted by molar-refractivity contribution is 9.10. The lowest BCUT2D eigenvalue weighted by Crippen LogP contribution is -2.14. The van der Waals surface area contributed by atoms with Gasteiger partial charge in [0.25, 0.3) is 5.95 Å². The summed E-state index contributed by atoms with van der Waals surface area (Å²) in [6.07, 6.45) is 1.58. The Morgan fingerprint density at radius 3 is 2.63 bits per heavy atom. The van der Waals surface area contributed by atoms with Gasteiger partial charge in [0, 0.05) is 10.0 Å². The molecule has 9 nitrogen and oxygen atoms in total. The number of ether oxygens (including phenoxy) is 2. The molecule has 11 heteroatoms. The first kappa shape index (κ1) is 21.7. The fourth-order valence-corrected chi connectivity index (χ4v) is 3.41. The van der Waals surface area contributed by atoms with Crippen molar-refractivity contribution in [3.05, 3.63) is 58.1 Å². The average molecular weight is 491 g/mol. The third-order valence-electron chi connectivity index (χ3n) is 3.95. The number of carbonyl (C=O) groups excluding carboxylic acids is 1. The summed E-state index contributed by atoms with van der Waals surface area (Å²) in [5.74, 6) is 7.61. The molecule has 30 heavy (non-hydrogen) atoms. The highest BCUT2D eigenvalue weighted by Crippen LogP contribution is 2.27. The quantitative estimate of drug-likeness (QED) is 0.154. The van der Waals surface area contributed by atoms with Crippen LogP contribution in [0.3, 0.4) is 0 Å². The molecular weight excluding hydrogens is 472 g/mol. The molecule has 0 fully saturated rings. The summed E-state index contributed by atoms with van der Waals surface area (Å²) in [6, 6.07) is 12.6. The Morgan fingerprint density at radius 1 is 1.20 bits per heavy atom. The number of nitrogens with one attached hydrogen (secondary N) is 1. The second-order valence-electron chi connectivity index (χ2n) is 5.88. The lowest BCUT2D eigenvalue weighted by Gasteiger charge is -2.07. The molecule has 0 aliphatic rings. The van der Waals surface area contributed by atoms with Crippen molar-refractivity contribution in [3.63, 3.8) is 0 Å². The molecule has 0 spiro atoms. The van der Waals surface area contributed by atoms with Crippen LogP contribution < -0.4 is 20.7 Å². The van der Waals surface area contributed by atoms with Crippen LogP contribution >= 0.6 is 27.7 Å². The number of ketones is 1. The van der Waals surface area contributed by atoms with Gasteiger partial charge in [0.1, 0.15) is 0 Å². The Labute approximate surface area is 185 Å². The number of aromatic nitrogens is 3. The van der Waals surface area contributed by atoms with Crippen molar-refractivity contribution < 1.29 is 14.3 Å². The highest BCUT2D eigenvalue weighted by atomic mass is 79.9. The summed E-state index contributed by atoms with van der Waals surface area (Å²) in [5, 5.41) is 12.4. The van der Waals surface area contributed by atoms with Crippen LogP contribution in [0.5, 0.6) is 11.5 Å². The lowest BCUT2D eigenvalue weighted by molar-refractivity contribution is 0.102. The van der Waals surface area contributed by atoms with Crippen molar-refractivity contribution in [3.8, 4) is 11.5 Å². The van der Waals surface area contributed by atoms with Gasteiger partial charge in [-0.1, -0.05) is 39.8 Å². The third kappa shape index (κ3) is 5.30. The fraction of sp³-hybridized carbons (Fsp3) is 0.158. The first-order chi connectivity index (χ1) is 14.5. The van der Waals surface area contributed by atoms with Gasteiger partial charge >= 0.3 is 0 Å². The van der Waals surface area contributed by atoms with Crippen LogP contribution in [0, 0.1) is 0 Å². The molecule has 0 atom stereocenters. The Morgan fingerprint density at radius 2 is 1.93 bits per heavy atom. The number of benzene rings is 2. The molecule has 0 radical (unpaired) electrons. The van der Waals surface area contributed by atoms with Gasteiger partial charge < -0.3 is 15.3 Å². The van der Waals surface area contributed by atoms with E-state index in [-0.39, 0.29) is 17.5 Å².